The molecule has 19 heavy (non-hydrogen) atoms. The summed E-state index contributed by atoms with van der Waals surface area (Å²) in [6.45, 7) is 0. The molecule has 0 atom stereocenters. The third-order valence-corrected chi connectivity index (χ3v) is 4.06. The van der Waals surface area contributed by atoms with Crippen molar-refractivity contribution < 1.29 is 4.79 Å². The van der Waals surface area contributed by atoms with Crippen LogP contribution in [0.3, 0.4) is 0 Å². The number of hydrogen-bond donors (Lipinski definition) is 1. The minimum absolute atomic E-state index is 0.273. The van der Waals surface area contributed by atoms with E-state index < -0.39 is 5.91 Å². The van der Waals surface area contributed by atoms with Crippen LogP contribution in [0.1, 0.15) is 15.9 Å². The summed E-state index contributed by atoms with van der Waals surface area (Å²) in [5, 5.41) is 11.7. The van der Waals surface area contributed by atoms with Crippen molar-refractivity contribution in [1.82, 2.24) is 0 Å². The topological polar surface area (TPSA) is 52.9 Å². The Hall–Kier alpha value is -1.25. The zero-order valence-corrected chi connectivity index (χ0v) is 12.3. The molecule has 3 nitrogen and oxygen atoms in total. The molecule has 1 N–H and O–H groups in total. The molecular weight excluding hydrogens is 327 g/mol. The molecule has 0 aliphatic rings. The second-order valence-corrected chi connectivity index (χ2v) is 6.19. The summed E-state index contributed by atoms with van der Waals surface area (Å²) in [5.74, 6) is -0.426. The molecule has 0 saturated carbocycles. The van der Waals surface area contributed by atoms with E-state index in [2.05, 4.69) is 5.32 Å². The predicted molar refractivity (Wildman–Crippen MR) is 78.5 cm³/mol. The number of nitrogens with zero attached hydrogens (tertiary/aromatic N) is 1. The molecule has 2 rings (SSSR count). The molecule has 96 valence electrons. The summed E-state index contributed by atoms with van der Waals surface area (Å²) >= 11 is 18.7. The Morgan fingerprint density at radius 3 is 2.58 bits per heavy atom. The maximum absolute atomic E-state index is 12.0. The first-order chi connectivity index (χ1) is 9.01. The highest BCUT2D eigenvalue weighted by atomic mass is 35.5. The molecule has 1 aromatic carbocycles. The van der Waals surface area contributed by atoms with Crippen LogP contribution >= 0.6 is 46.1 Å². The summed E-state index contributed by atoms with van der Waals surface area (Å²) in [6, 6.07) is 8.04. The normalized spacial score (nSPS) is 10.0. The van der Waals surface area contributed by atoms with Gasteiger partial charge in [-0.2, -0.15) is 5.26 Å². The fourth-order valence-electron chi connectivity index (χ4n) is 1.38. The summed E-state index contributed by atoms with van der Waals surface area (Å²) in [4.78, 5) is 12.0. The van der Waals surface area contributed by atoms with Gasteiger partial charge in [-0.15, -0.1) is 11.3 Å². The van der Waals surface area contributed by atoms with E-state index in [1.54, 1.807) is 6.07 Å². The van der Waals surface area contributed by atoms with E-state index in [1.807, 2.05) is 6.07 Å². The zero-order chi connectivity index (χ0) is 14.0. The number of benzene rings is 1. The maximum Gasteiger partial charge on any atom is 0.258 e. The molecule has 7 heteroatoms. The lowest BCUT2D eigenvalue weighted by molar-refractivity contribution is 0.102. The highest BCUT2D eigenvalue weighted by Gasteiger charge is 2.15. The highest BCUT2D eigenvalue weighted by Crippen LogP contribution is 2.32. The molecule has 0 aliphatic carbocycles. The van der Waals surface area contributed by atoms with Gasteiger partial charge in [0, 0.05) is 0 Å². The molecule has 0 unspecified atom stereocenters. The number of nitriles is 1. The molecule has 0 bridgehead atoms. The van der Waals surface area contributed by atoms with E-state index in [0.29, 0.717) is 24.9 Å². The largest absolute Gasteiger partial charge is 0.321 e. The van der Waals surface area contributed by atoms with E-state index in [-0.39, 0.29) is 5.56 Å². The van der Waals surface area contributed by atoms with Crippen molar-refractivity contribution in [3.8, 4) is 6.07 Å². The predicted octanol–water partition coefficient (Wildman–Crippen LogP) is 4.83. The van der Waals surface area contributed by atoms with Crippen molar-refractivity contribution in [3.05, 3.63) is 49.1 Å². The number of carbonyl (C=O) groups excluding carboxylic acids is 1. The Morgan fingerprint density at radius 2 is 2.00 bits per heavy atom. The molecule has 0 radical (unpaired) electrons. The van der Waals surface area contributed by atoms with Gasteiger partial charge in [-0.1, -0.05) is 34.8 Å². The van der Waals surface area contributed by atoms with Gasteiger partial charge in [0.05, 0.1) is 32.2 Å². The highest BCUT2D eigenvalue weighted by molar-refractivity contribution is 7.20. The molecule has 0 spiro atoms. The first-order valence-corrected chi connectivity index (χ1v) is 6.92. The van der Waals surface area contributed by atoms with Crippen molar-refractivity contribution in [1.29, 1.82) is 5.26 Å². The number of hydrogen-bond acceptors (Lipinski definition) is 3. The molecular formula is C12H5Cl3N2OS. The minimum atomic E-state index is -0.426. The van der Waals surface area contributed by atoms with Crippen molar-refractivity contribution in [2.24, 2.45) is 0 Å². The van der Waals surface area contributed by atoms with Crippen molar-refractivity contribution >= 4 is 57.7 Å². The van der Waals surface area contributed by atoms with Gasteiger partial charge in [-0.25, -0.2) is 0 Å². The van der Waals surface area contributed by atoms with Gasteiger partial charge in [0.15, 0.2) is 0 Å². The summed E-state index contributed by atoms with van der Waals surface area (Å²) in [7, 11) is 0. The van der Waals surface area contributed by atoms with Crippen LogP contribution in [0.15, 0.2) is 24.3 Å². The Labute approximate surface area is 128 Å². The molecule has 2 aromatic rings. The van der Waals surface area contributed by atoms with E-state index in [4.69, 9.17) is 40.1 Å². The second-order valence-electron chi connectivity index (χ2n) is 3.50. The number of carbonyl (C=O) groups is 1. The van der Waals surface area contributed by atoms with Gasteiger partial charge in [0.25, 0.3) is 5.91 Å². The number of halogens is 3. The first-order valence-electron chi connectivity index (χ1n) is 4.97. The van der Waals surface area contributed by atoms with Crippen LogP contribution in [0, 0.1) is 11.3 Å². The molecule has 0 aliphatic heterocycles. The fourth-order valence-corrected chi connectivity index (χ4v) is 3.00. The fraction of sp³-hybridized carbons (Fsp3) is 0. The van der Waals surface area contributed by atoms with Crippen LogP contribution in [0.2, 0.25) is 13.7 Å². The van der Waals surface area contributed by atoms with Gasteiger partial charge in [-0.3, -0.25) is 4.79 Å². The SMILES string of the molecule is N#Cc1ccc(Cl)c(NC(=O)c2cc(Cl)sc2Cl)c1. The smallest absolute Gasteiger partial charge is 0.258 e. The number of amides is 1. The first kappa shape index (κ1) is 14.2. The van der Waals surface area contributed by atoms with E-state index in [0.717, 1.165) is 11.3 Å². The molecule has 1 amide bonds. The zero-order valence-electron chi connectivity index (χ0n) is 9.21. The maximum atomic E-state index is 12.0. The number of rotatable bonds is 2. The summed E-state index contributed by atoms with van der Waals surface area (Å²) in [6.07, 6.45) is 0. The van der Waals surface area contributed by atoms with E-state index >= 15 is 0 Å². The standard InChI is InChI=1S/C12H5Cl3N2OS/c13-8-2-1-6(5-16)3-9(8)17-12(18)7-4-10(14)19-11(7)15/h1-4H,(H,17,18). The van der Waals surface area contributed by atoms with Crippen LogP contribution in [0.25, 0.3) is 0 Å². The Kier molecular flexibility index (Phi) is 4.33. The van der Waals surface area contributed by atoms with Crippen LogP contribution < -0.4 is 5.32 Å². The van der Waals surface area contributed by atoms with Crippen LogP contribution in [0.5, 0.6) is 0 Å². The van der Waals surface area contributed by atoms with Gasteiger partial charge in [0.1, 0.15) is 4.34 Å². The summed E-state index contributed by atoms with van der Waals surface area (Å²) in [5.41, 5.74) is 1.02. The van der Waals surface area contributed by atoms with E-state index in [1.165, 1.54) is 18.2 Å². The van der Waals surface area contributed by atoms with Crippen molar-refractivity contribution in [2.75, 3.05) is 5.32 Å². The van der Waals surface area contributed by atoms with Gasteiger partial charge < -0.3 is 5.32 Å². The quantitative estimate of drug-likeness (QED) is 0.856. The average molecular weight is 332 g/mol. The second kappa shape index (κ2) is 5.81. The van der Waals surface area contributed by atoms with Crippen LogP contribution in [-0.4, -0.2) is 5.91 Å². The van der Waals surface area contributed by atoms with Gasteiger partial charge in [-0.05, 0) is 24.3 Å². The van der Waals surface area contributed by atoms with Gasteiger partial charge >= 0.3 is 0 Å². The lowest BCUT2D eigenvalue weighted by atomic mass is 10.2. The lowest BCUT2D eigenvalue weighted by Gasteiger charge is -2.06. The van der Waals surface area contributed by atoms with Crippen LogP contribution in [-0.2, 0) is 0 Å². The summed E-state index contributed by atoms with van der Waals surface area (Å²) < 4.78 is 0.724. The van der Waals surface area contributed by atoms with Crippen LogP contribution in [0.4, 0.5) is 5.69 Å². The molecule has 1 aromatic heterocycles. The molecule has 0 saturated heterocycles. The van der Waals surface area contributed by atoms with E-state index in [9.17, 15) is 4.79 Å². The third kappa shape index (κ3) is 3.20. The monoisotopic (exact) mass is 330 g/mol. The number of anilines is 1. The minimum Gasteiger partial charge on any atom is -0.321 e. The lowest BCUT2D eigenvalue weighted by Crippen LogP contribution is -2.11. The Balaban J connectivity index is 2.29. The average Bonchev–Trinajstić information content (AvgIpc) is 2.71. The third-order valence-electron chi connectivity index (χ3n) is 2.24. The van der Waals surface area contributed by atoms with Crippen molar-refractivity contribution in [3.63, 3.8) is 0 Å². The number of thiophene rings is 1. The molecule has 0 fully saturated rings. The number of nitrogens with one attached hydrogen (secondary N) is 1. The molecule has 1 heterocycles. The Bertz CT molecular complexity index is 691. The van der Waals surface area contributed by atoms with Gasteiger partial charge in [0.2, 0.25) is 0 Å². The van der Waals surface area contributed by atoms with Crippen molar-refractivity contribution in [2.45, 2.75) is 0 Å². The Morgan fingerprint density at radius 1 is 1.26 bits per heavy atom.